The van der Waals surface area contributed by atoms with Gasteiger partial charge in [0.1, 0.15) is 11.9 Å². The molecule has 4 rings (SSSR count). The average Bonchev–Trinajstić information content (AvgIpc) is 3.34. The number of alkyl halides is 3. The Labute approximate surface area is 170 Å². The minimum atomic E-state index is -4.66. The Balaban J connectivity index is 1.33. The standard InChI is InChI=1S/C20H17ClF3N3O2/c21-15-5-1-13(2-6-15)11-27-10-9-17(12-27)28-16-7-3-14(4-8-16)18-25-19(29-26-18)20(22,23)24/h1-8,17H,9-12H2/t17-/m0/s1. The van der Waals surface area contributed by atoms with Gasteiger partial charge in [0.2, 0.25) is 5.82 Å². The Kier molecular flexibility index (Phi) is 5.47. The van der Waals surface area contributed by atoms with Gasteiger partial charge in [-0.15, -0.1) is 0 Å². The molecule has 9 heteroatoms. The van der Waals surface area contributed by atoms with Gasteiger partial charge in [0.25, 0.3) is 0 Å². The maximum absolute atomic E-state index is 12.6. The topological polar surface area (TPSA) is 51.4 Å². The zero-order chi connectivity index (χ0) is 20.4. The van der Waals surface area contributed by atoms with Gasteiger partial charge in [0.05, 0.1) is 0 Å². The number of hydrogen-bond donors (Lipinski definition) is 0. The van der Waals surface area contributed by atoms with Crippen molar-refractivity contribution in [1.82, 2.24) is 15.0 Å². The quantitative estimate of drug-likeness (QED) is 0.574. The van der Waals surface area contributed by atoms with Gasteiger partial charge >= 0.3 is 12.1 Å². The molecule has 0 radical (unpaired) electrons. The molecule has 3 aromatic rings. The Morgan fingerprint density at radius 3 is 2.48 bits per heavy atom. The van der Waals surface area contributed by atoms with Crippen LogP contribution in [0.15, 0.2) is 53.1 Å². The van der Waals surface area contributed by atoms with Crippen LogP contribution in [0.5, 0.6) is 5.75 Å². The van der Waals surface area contributed by atoms with E-state index in [1.54, 1.807) is 24.3 Å². The minimum Gasteiger partial charge on any atom is -0.489 e. The molecule has 1 aromatic heterocycles. The third-order valence-corrected chi connectivity index (χ3v) is 4.88. The number of benzene rings is 2. The van der Waals surface area contributed by atoms with Gasteiger partial charge in [-0.3, -0.25) is 4.90 Å². The molecule has 1 aliphatic heterocycles. The molecular weight excluding hydrogens is 407 g/mol. The summed E-state index contributed by atoms with van der Waals surface area (Å²) in [6.07, 6.45) is -3.71. The van der Waals surface area contributed by atoms with Crippen molar-refractivity contribution in [1.29, 1.82) is 0 Å². The van der Waals surface area contributed by atoms with E-state index in [1.807, 2.05) is 24.3 Å². The fourth-order valence-corrected chi connectivity index (χ4v) is 3.34. The van der Waals surface area contributed by atoms with Crippen LogP contribution in [-0.2, 0) is 12.7 Å². The van der Waals surface area contributed by atoms with Crippen molar-refractivity contribution in [3.63, 3.8) is 0 Å². The number of ether oxygens (including phenoxy) is 1. The van der Waals surface area contributed by atoms with Crippen LogP contribution >= 0.6 is 11.6 Å². The second-order valence-electron chi connectivity index (χ2n) is 6.84. The fourth-order valence-electron chi connectivity index (χ4n) is 3.22. The van der Waals surface area contributed by atoms with Crippen LogP contribution in [0.2, 0.25) is 5.02 Å². The summed E-state index contributed by atoms with van der Waals surface area (Å²) in [4.78, 5) is 5.69. The number of aromatic nitrogens is 2. The molecule has 0 unspecified atom stereocenters. The third kappa shape index (κ3) is 4.89. The van der Waals surface area contributed by atoms with Gasteiger partial charge in [-0.1, -0.05) is 28.9 Å². The lowest BCUT2D eigenvalue weighted by Crippen LogP contribution is -2.24. The van der Waals surface area contributed by atoms with Gasteiger partial charge in [-0.25, -0.2) is 0 Å². The van der Waals surface area contributed by atoms with Gasteiger partial charge in [0, 0.05) is 30.2 Å². The summed E-state index contributed by atoms with van der Waals surface area (Å²) in [5.41, 5.74) is 1.62. The molecule has 1 saturated heterocycles. The number of hydrogen-bond acceptors (Lipinski definition) is 5. The van der Waals surface area contributed by atoms with E-state index in [9.17, 15) is 13.2 Å². The van der Waals surface area contributed by atoms with Gasteiger partial charge in [-0.05, 0) is 48.4 Å². The van der Waals surface area contributed by atoms with Gasteiger partial charge in [-0.2, -0.15) is 18.2 Å². The first-order valence-electron chi connectivity index (χ1n) is 9.01. The molecule has 0 spiro atoms. The van der Waals surface area contributed by atoms with Crippen molar-refractivity contribution < 1.29 is 22.4 Å². The molecule has 1 atom stereocenters. The summed E-state index contributed by atoms with van der Waals surface area (Å²) in [5.74, 6) is -0.829. The summed E-state index contributed by atoms with van der Waals surface area (Å²) in [6.45, 7) is 2.55. The van der Waals surface area contributed by atoms with Crippen molar-refractivity contribution in [3.05, 3.63) is 65.0 Å². The second-order valence-corrected chi connectivity index (χ2v) is 7.27. The van der Waals surface area contributed by atoms with Crippen LogP contribution in [0.4, 0.5) is 13.2 Å². The molecule has 1 fully saturated rings. The van der Waals surface area contributed by atoms with Crippen LogP contribution in [-0.4, -0.2) is 34.2 Å². The van der Waals surface area contributed by atoms with Gasteiger partial charge < -0.3 is 9.26 Å². The molecule has 2 aromatic carbocycles. The molecule has 29 heavy (non-hydrogen) atoms. The summed E-state index contributed by atoms with van der Waals surface area (Å²) >= 11 is 5.92. The molecule has 0 bridgehead atoms. The van der Waals surface area contributed by atoms with Crippen LogP contribution in [0, 0.1) is 0 Å². The lowest BCUT2D eigenvalue weighted by atomic mass is 10.2. The first-order chi connectivity index (χ1) is 13.9. The van der Waals surface area contributed by atoms with E-state index in [-0.39, 0.29) is 11.9 Å². The molecule has 152 valence electrons. The van der Waals surface area contributed by atoms with Crippen molar-refractivity contribution in [3.8, 4) is 17.1 Å². The maximum atomic E-state index is 12.6. The van der Waals surface area contributed by atoms with Crippen molar-refractivity contribution in [2.24, 2.45) is 0 Å². The highest BCUT2D eigenvalue weighted by molar-refractivity contribution is 6.30. The van der Waals surface area contributed by atoms with E-state index in [1.165, 1.54) is 5.56 Å². The highest BCUT2D eigenvalue weighted by atomic mass is 35.5. The van der Waals surface area contributed by atoms with Crippen LogP contribution < -0.4 is 4.74 Å². The van der Waals surface area contributed by atoms with E-state index >= 15 is 0 Å². The fraction of sp³-hybridized carbons (Fsp3) is 0.300. The SMILES string of the molecule is FC(F)(F)c1nc(-c2ccc(O[C@H]3CCN(Cc4ccc(Cl)cc4)C3)cc2)no1. The summed E-state index contributed by atoms with van der Waals surface area (Å²) < 4.78 is 48.0. The average molecular weight is 424 g/mol. The molecule has 0 aliphatic carbocycles. The first kappa shape index (κ1) is 19.7. The molecule has 0 saturated carbocycles. The Bertz CT molecular complexity index is 958. The van der Waals surface area contributed by atoms with E-state index in [4.69, 9.17) is 16.3 Å². The van der Waals surface area contributed by atoms with E-state index < -0.39 is 12.1 Å². The van der Waals surface area contributed by atoms with E-state index in [0.29, 0.717) is 11.3 Å². The zero-order valence-corrected chi connectivity index (χ0v) is 16.0. The van der Waals surface area contributed by atoms with Crippen LogP contribution in [0.25, 0.3) is 11.4 Å². The molecule has 2 heterocycles. The molecule has 5 nitrogen and oxygen atoms in total. The van der Waals surface area contributed by atoms with Crippen molar-refractivity contribution >= 4 is 11.6 Å². The summed E-state index contributed by atoms with van der Waals surface area (Å²) in [6, 6.07) is 14.4. The van der Waals surface area contributed by atoms with Crippen LogP contribution in [0.1, 0.15) is 17.9 Å². The number of halogens is 4. The highest BCUT2D eigenvalue weighted by Crippen LogP contribution is 2.30. The predicted molar refractivity (Wildman–Crippen MR) is 100 cm³/mol. The molecule has 1 aliphatic rings. The minimum absolute atomic E-state index is 0.0511. The molecular formula is C20H17ClF3N3O2. The number of likely N-dealkylation sites (tertiary alicyclic amines) is 1. The summed E-state index contributed by atoms with van der Waals surface area (Å²) in [7, 11) is 0. The second kappa shape index (κ2) is 8.04. The zero-order valence-electron chi connectivity index (χ0n) is 15.2. The Morgan fingerprint density at radius 2 is 1.83 bits per heavy atom. The summed E-state index contributed by atoms with van der Waals surface area (Å²) in [5, 5.41) is 4.10. The number of rotatable bonds is 5. The largest absolute Gasteiger partial charge is 0.489 e. The van der Waals surface area contributed by atoms with E-state index in [0.717, 1.165) is 31.1 Å². The highest BCUT2D eigenvalue weighted by Gasteiger charge is 2.38. The normalized spacial score (nSPS) is 17.6. The van der Waals surface area contributed by atoms with E-state index in [2.05, 4.69) is 19.6 Å². The Hall–Kier alpha value is -2.58. The smallest absolute Gasteiger partial charge is 0.471 e. The first-order valence-corrected chi connectivity index (χ1v) is 9.39. The van der Waals surface area contributed by atoms with Gasteiger partial charge in [0.15, 0.2) is 0 Å². The lowest BCUT2D eigenvalue weighted by molar-refractivity contribution is -0.159. The lowest BCUT2D eigenvalue weighted by Gasteiger charge is -2.17. The monoisotopic (exact) mass is 423 g/mol. The molecule has 0 N–H and O–H groups in total. The Morgan fingerprint density at radius 1 is 1.10 bits per heavy atom. The maximum Gasteiger partial charge on any atom is 0.471 e. The number of nitrogens with zero attached hydrogens (tertiary/aromatic N) is 3. The van der Waals surface area contributed by atoms with Crippen molar-refractivity contribution in [2.45, 2.75) is 25.2 Å². The molecule has 0 amide bonds. The van der Waals surface area contributed by atoms with Crippen LogP contribution in [0.3, 0.4) is 0 Å². The predicted octanol–water partition coefficient (Wildman–Crippen LogP) is 5.06. The third-order valence-electron chi connectivity index (χ3n) is 4.63. The van der Waals surface area contributed by atoms with Crippen molar-refractivity contribution in [2.75, 3.05) is 13.1 Å².